The monoisotopic (exact) mass is 340 g/mol. The van der Waals surface area contributed by atoms with Crippen molar-refractivity contribution in [2.45, 2.75) is 6.42 Å². The summed E-state index contributed by atoms with van der Waals surface area (Å²) < 4.78 is 14.7. The Morgan fingerprint density at radius 1 is 1.16 bits per heavy atom. The molecule has 0 spiro atoms. The van der Waals surface area contributed by atoms with E-state index in [-0.39, 0.29) is 0 Å². The number of carbonyl (C=O) groups excluding carboxylic acids is 1. The van der Waals surface area contributed by atoms with E-state index in [1.807, 2.05) is 18.2 Å². The van der Waals surface area contributed by atoms with Gasteiger partial charge in [-0.2, -0.15) is 0 Å². The minimum Gasteiger partial charge on any atom is -0.493 e. The quantitative estimate of drug-likeness (QED) is 0.528. The number of benzene rings is 2. The fraction of sp³-hybridized carbons (Fsp3) is 0.250. The summed E-state index contributed by atoms with van der Waals surface area (Å²) >= 11 is 0. The second kappa shape index (κ2) is 9.48. The Morgan fingerprint density at radius 3 is 2.52 bits per heavy atom. The van der Waals surface area contributed by atoms with Crippen LogP contribution in [0.15, 0.2) is 36.4 Å². The molecule has 0 atom stereocenters. The zero-order valence-electron chi connectivity index (χ0n) is 14.2. The van der Waals surface area contributed by atoms with Gasteiger partial charge in [0.25, 0.3) is 0 Å². The molecule has 0 aromatic heterocycles. The molecule has 0 bridgehead atoms. The molecule has 0 saturated carbocycles. The average molecular weight is 340 g/mol. The summed E-state index contributed by atoms with van der Waals surface area (Å²) in [4.78, 5) is 10.9. The van der Waals surface area contributed by atoms with Crippen molar-refractivity contribution in [2.75, 3.05) is 27.6 Å². The lowest BCUT2D eigenvalue weighted by atomic mass is 10.1. The van der Waals surface area contributed by atoms with Crippen LogP contribution in [-0.2, 0) is 11.2 Å². The summed E-state index contributed by atoms with van der Waals surface area (Å²) in [7, 11) is 3.25. The maximum Gasteiger partial charge on any atom is 0.186 e. The van der Waals surface area contributed by atoms with Gasteiger partial charge in [0, 0.05) is 31.8 Å². The normalized spacial score (nSPS) is 11.2. The van der Waals surface area contributed by atoms with Gasteiger partial charge in [0.05, 0.1) is 12.2 Å². The summed E-state index contributed by atoms with van der Waals surface area (Å²) in [5, 5.41) is 8.84. The van der Waals surface area contributed by atoms with Gasteiger partial charge in [-0.05, 0) is 42.0 Å². The molecular formula is C20H20O5. The van der Waals surface area contributed by atoms with Gasteiger partial charge >= 0.3 is 0 Å². The molecule has 3 rings (SSSR count). The van der Waals surface area contributed by atoms with E-state index in [4.69, 9.17) is 14.6 Å². The first-order valence-corrected chi connectivity index (χ1v) is 7.72. The lowest BCUT2D eigenvalue weighted by molar-refractivity contribution is 0.0959. The molecule has 1 aliphatic rings. The molecule has 1 N–H and O–H groups in total. The Bertz CT molecular complexity index is 786. The van der Waals surface area contributed by atoms with E-state index in [2.05, 4.69) is 16.6 Å². The van der Waals surface area contributed by atoms with Crippen LogP contribution in [-0.4, -0.2) is 39.0 Å². The molecule has 0 aliphatic carbocycles. The summed E-state index contributed by atoms with van der Waals surface area (Å²) in [5.41, 5.74) is 3.18. The Labute approximate surface area is 147 Å². The number of carbonyl (C=O) groups is 1. The fourth-order valence-corrected chi connectivity index (χ4v) is 2.31. The molecule has 130 valence electrons. The largest absolute Gasteiger partial charge is 0.493 e. The van der Waals surface area contributed by atoms with Crippen LogP contribution in [0.4, 0.5) is 0 Å². The third kappa shape index (κ3) is 5.08. The van der Waals surface area contributed by atoms with Crippen molar-refractivity contribution in [1.82, 2.24) is 0 Å². The first-order chi connectivity index (χ1) is 12.2. The van der Waals surface area contributed by atoms with Crippen molar-refractivity contribution < 1.29 is 24.1 Å². The predicted molar refractivity (Wildman–Crippen MR) is 94.1 cm³/mol. The van der Waals surface area contributed by atoms with Crippen molar-refractivity contribution in [3.63, 3.8) is 0 Å². The highest BCUT2D eigenvalue weighted by molar-refractivity contribution is 5.79. The van der Waals surface area contributed by atoms with Crippen LogP contribution in [0.5, 0.6) is 11.5 Å². The summed E-state index contributed by atoms with van der Waals surface area (Å²) in [6, 6.07) is 10.9. The fourth-order valence-electron chi connectivity index (χ4n) is 2.31. The first-order valence-electron chi connectivity index (χ1n) is 7.72. The van der Waals surface area contributed by atoms with Gasteiger partial charge in [-0.1, -0.05) is 11.8 Å². The van der Waals surface area contributed by atoms with Crippen molar-refractivity contribution in [3.8, 4) is 23.3 Å². The molecule has 0 unspecified atom stereocenters. The molecule has 0 fully saturated rings. The zero-order valence-corrected chi connectivity index (χ0v) is 14.2. The molecule has 5 nitrogen and oxygen atoms in total. The van der Waals surface area contributed by atoms with Gasteiger partial charge in [-0.3, -0.25) is 4.79 Å². The van der Waals surface area contributed by atoms with E-state index in [0.29, 0.717) is 23.2 Å². The smallest absolute Gasteiger partial charge is 0.186 e. The number of aldehydes is 1. The molecule has 2 aromatic rings. The van der Waals surface area contributed by atoms with Gasteiger partial charge in [-0.25, -0.2) is 0 Å². The molecule has 0 amide bonds. The Hall–Kier alpha value is -2.81. The molecule has 0 radical (unpaired) electrons. The predicted octanol–water partition coefficient (Wildman–Crippen LogP) is 2.43. The van der Waals surface area contributed by atoms with E-state index in [1.54, 1.807) is 32.4 Å². The molecular weight excluding hydrogens is 320 g/mol. The van der Waals surface area contributed by atoms with Gasteiger partial charge in [-0.15, -0.1) is 0 Å². The van der Waals surface area contributed by atoms with Gasteiger partial charge in [0.1, 0.15) is 11.5 Å². The van der Waals surface area contributed by atoms with Crippen molar-refractivity contribution in [3.05, 3.63) is 58.7 Å². The number of rotatable bonds is 3. The lowest BCUT2D eigenvalue weighted by Gasteiger charge is -2.05. The third-order valence-electron chi connectivity index (χ3n) is 3.40. The summed E-state index contributed by atoms with van der Waals surface area (Å²) in [6.07, 6.45) is 1.59. The van der Waals surface area contributed by atoms with Crippen LogP contribution >= 0.6 is 0 Å². The summed E-state index contributed by atoms with van der Waals surface area (Å²) in [6.45, 7) is 0.240. The molecule has 25 heavy (non-hydrogen) atoms. The Balaban J connectivity index is 0.000000701. The van der Waals surface area contributed by atoms with Crippen LogP contribution in [0, 0.1) is 11.8 Å². The third-order valence-corrected chi connectivity index (χ3v) is 3.40. The van der Waals surface area contributed by atoms with Crippen LogP contribution < -0.4 is 9.47 Å². The maximum atomic E-state index is 10.9. The standard InChI is InChI=1S/C18H14O4.C2H6O/c19-11-16-5-3-14(10-18(16)22-12-20)2-1-13-4-6-17-15(9-13)7-8-21-17;1-3-2/h3-6,9-11,20H,7-8,12H2;1-2H3. The van der Waals surface area contributed by atoms with Gasteiger partial charge in [0.15, 0.2) is 13.1 Å². The van der Waals surface area contributed by atoms with Crippen LogP contribution in [0.2, 0.25) is 0 Å². The van der Waals surface area contributed by atoms with Crippen LogP contribution in [0.3, 0.4) is 0 Å². The Morgan fingerprint density at radius 2 is 1.84 bits per heavy atom. The number of methoxy groups -OCH3 is 1. The number of hydrogen-bond acceptors (Lipinski definition) is 5. The highest BCUT2D eigenvalue weighted by Crippen LogP contribution is 2.25. The van der Waals surface area contributed by atoms with Crippen LogP contribution in [0.25, 0.3) is 0 Å². The van der Waals surface area contributed by atoms with E-state index < -0.39 is 6.79 Å². The molecule has 5 heteroatoms. The topological polar surface area (TPSA) is 65.0 Å². The molecule has 1 aliphatic heterocycles. The molecule has 0 saturated heterocycles. The Kier molecular flexibility index (Phi) is 7.02. The molecule has 2 aromatic carbocycles. The second-order valence-corrected chi connectivity index (χ2v) is 5.22. The first kappa shape index (κ1) is 18.5. The van der Waals surface area contributed by atoms with E-state index in [9.17, 15) is 4.79 Å². The van der Waals surface area contributed by atoms with Crippen molar-refractivity contribution in [2.24, 2.45) is 0 Å². The molecule has 1 heterocycles. The highest BCUT2D eigenvalue weighted by Gasteiger charge is 2.11. The zero-order chi connectivity index (χ0) is 18.1. The van der Waals surface area contributed by atoms with E-state index in [1.165, 1.54) is 5.56 Å². The van der Waals surface area contributed by atoms with Crippen molar-refractivity contribution in [1.29, 1.82) is 0 Å². The minimum absolute atomic E-state index is 0.326. The second-order valence-electron chi connectivity index (χ2n) is 5.22. The SMILES string of the molecule is COC.O=Cc1ccc(C#Cc2ccc3c(c2)CCO3)cc1OCO. The number of ether oxygens (including phenoxy) is 3. The summed E-state index contributed by atoms with van der Waals surface area (Å²) in [5.74, 6) is 7.38. The van der Waals surface area contributed by atoms with E-state index >= 15 is 0 Å². The van der Waals surface area contributed by atoms with E-state index in [0.717, 1.165) is 24.3 Å². The number of fused-ring (bicyclic) bond motifs is 1. The van der Waals surface area contributed by atoms with Crippen LogP contribution in [0.1, 0.15) is 27.0 Å². The number of hydrogen-bond donors (Lipinski definition) is 1. The highest BCUT2D eigenvalue weighted by atomic mass is 16.6. The van der Waals surface area contributed by atoms with Gasteiger partial charge in [0.2, 0.25) is 0 Å². The number of aliphatic hydroxyl groups excluding tert-OH is 1. The lowest BCUT2D eigenvalue weighted by Crippen LogP contribution is -1.98. The van der Waals surface area contributed by atoms with Gasteiger partial charge < -0.3 is 19.3 Å². The maximum absolute atomic E-state index is 10.9. The average Bonchev–Trinajstić information content (AvgIpc) is 3.09. The minimum atomic E-state index is -0.484. The number of aliphatic hydroxyl groups is 1. The van der Waals surface area contributed by atoms with Crippen molar-refractivity contribution >= 4 is 6.29 Å².